The summed E-state index contributed by atoms with van der Waals surface area (Å²) in [5.41, 5.74) is 0.920. The first-order chi connectivity index (χ1) is 13.9. The minimum atomic E-state index is -3.95. The first kappa shape index (κ1) is 23.7. The Morgan fingerprint density at radius 3 is 2.13 bits per heavy atom. The first-order valence-electron chi connectivity index (χ1n) is 9.67. The van der Waals surface area contributed by atoms with Crippen LogP contribution in [0.25, 0.3) is 0 Å². The lowest BCUT2D eigenvalue weighted by molar-refractivity contribution is 0.0205. The van der Waals surface area contributed by atoms with Crippen LogP contribution < -0.4 is 4.18 Å². The molecule has 0 aliphatic carbocycles. The van der Waals surface area contributed by atoms with Gasteiger partial charge >= 0.3 is 16.2 Å². The van der Waals surface area contributed by atoms with Crippen molar-refractivity contribution < 1.29 is 27.2 Å². The zero-order valence-electron chi connectivity index (χ0n) is 18.0. The molecule has 0 saturated heterocycles. The number of hydrogen-bond acceptors (Lipinski definition) is 6. The van der Waals surface area contributed by atoms with Crippen molar-refractivity contribution in [2.45, 2.75) is 50.7 Å². The number of amides is 1. The molecule has 1 atom stereocenters. The Bertz CT molecular complexity index is 947. The van der Waals surface area contributed by atoms with Crippen LogP contribution in [-0.4, -0.2) is 43.7 Å². The van der Waals surface area contributed by atoms with Gasteiger partial charge in [-0.05, 0) is 62.6 Å². The van der Waals surface area contributed by atoms with Gasteiger partial charge in [0, 0.05) is 7.05 Å². The summed E-state index contributed by atoms with van der Waals surface area (Å²) in [4.78, 5) is 13.4. The van der Waals surface area contributed by atoms with Gasteiger partial charge in [0.15, 0.2) is 0 Å². The van der Waals surface area contributed by atoms with E-state index in [1.807, 2.05) is 6.92 Å². The average Bonchev–Trinajstić information content (AvgIpc) is 2.67. The number of nitrogens with zero attached hydrogens (tertiary/aromatic N) is 1. The highest BCUT2D eigenvalue weighted by Gasteiger charge is 2.22. The summed E-state index contributed by atoms with van der Waals surface area (Å²) in [6.45, 7) is 7.30. The Labute approximate surface area is 178 Å². The van der Waals surface area contributed by atoms with E-state index < -0.39 is 27.9 Å². The third-order valence-electron chi connectivity index (χ3n) is 4.24. The summed E-state index contributed by atoms with van der Waals surface area (Å²) in [7, 11) is -2.42. The molecule has 2 rings (SSSR count). The van der Waals surface area contributed by atoms with E-state index in [1.165, 1.54) is 36.2 Å². The van der Waals surface area contributed by atoms with Crippen molar-refractivity contribution in [2.24, 2.45) is 0 Å². The molecule has 8 heteroatoms. The Balaban J connectivity index is 2.02. The molecule has 0 aromatic heterocycles. The number of rotatable bonds is 7. The van der Waals surface area contributed by atoms with Crippen LogP contribution in [0.5, 0.6) is 5.75 Å². The van der Waals surface area contributed by atoms with Gasteiger partial charge in [0.2, 0.25) is 0 Å². The minimum Gasteiger partial charge on any atom is -0.444 e. The highest BCUT2D eigenvalue weighted by Crippen LogP contribution is 2.23. The van der Waals surface area contributed by atoms with E-state index >= 15 is 0 Å². The number of likely N-dealkylation sites (N-methyl/N-ethyl adjacent to an activating group) is 1. The lowest BCUT2D eigenvalue weighted by atomic mass is 10.1. The van der Waals surface area contributed by atoms with Crippen LogP contribution in [0, 0.1) is 0 Å². The zero-order chi connectivity index (χ0) is 22.5. The number of carbonyl (C=O) groups is 1. The second-order valence-corrected chi connectivity index (χ2v) is 9.53. The fraction of sp³-hybridized carbons (Fsp3) is 0.409. The second-order valence-electron chi connectivity index (χ2n) is 7.98. The van der Waals surface area contributed by atoms with Crippen LogP contribution >= 0.6 is 0 Å². The van der Waals surface area contributed by atoms with Crippen molar-refractivity contribution >= 4 is 16.2 Å². The van der Waals surface area contributed by atoms with Gasteiger partial charge in [-0.25, -0.2) is 4.79 Å². The van der Waals surface area contributed by atoms with Gasteiger partial charge in [-0.1, -0.05) is 31.2 Å². The van der Waals surface area contributed by atoms with Crippen molar-refractivity contribution in [1.29, 1.82) is 0 Å². The van der Waals surface area contributed by atoms with Gasteiger partial charge in [-0.3, -0.25) is 0 Å². The van der Waals surface area contributed by atoms with Crippen LogP contribution in [0.3, 0.4) is 0 Å². The summed E-state index contributed by atoms with van der Waals surface area (Å²) >= 11 is 0. The van der Waals surface area contributed by atoms with Crippen molar-refractivity contribution in [3.05, 3.63) is 59.7 Å². The topological polar surface area (TPSA) is 93.1 Å². The standard InChI is InChI=1S/C22H29NO6S/c1-6-16-7-13-19(14-8-16)30(26,27)29-18-11-9-17(10-12-18)20(24)15-23(5)21(25)28-22(2,3)4/h7-14,20,24H,6,15H2,1-5H3. The van der Waals surface area contributed by atoms with Crippen LogP contribution in [0.15, 0.2) is 53.4 Å². The summed E-state index contributed by atoms with van der Waals surface area (Å²) in [6, 6.07) is 12.6. The molecule has 0 saturated carbocycles. The van der Waals surface area contributed by atoms with Crippen LogP contribution in [0.1, 0.15) is 44.9 Å². The van der Waals surface area contributed by atoms with Gasteiger partial charge in [0.25, 0.3) is 0 Å². The van der Waals surface area contributed by atoms with Gasteiger partial charge in [-0.2, -0.15) is 8.42 Å². The van der Waals surface area contributed by atoms with Crippen molar-refractivity contribution in [3.63, 3.8) is 0 Å². The largest absolute Gasteiger partial charge is 0.444 e. The maximum absolute atomic E-state index is 12.4. The quantitative estimate of drug-likeness (QED) is 0.663. The molecule has 2 aromatic rings. The van der Waals surface area contributed by atoms with E-state index in [1.54, 1.807) is 45.0 Å². The molecule has 2 aromatic carbocycles. The van der Waals surface area contributed by atoms with Crippen molar-refractivity contribution in [2.75, 3.05) is 13.6 Å². The highest BCUT2D eigenvalue weighted by molar-refractivity contribution is 7.87. The van der Waals surface area contributed by atoms with Crippen LogP contribution in [-0.2, 0) is 21.3 Å². The number of ether oxygens (including phenoxy) is 1. The van der Waals surface area contributed by atoms with Crippen LogP contribution in [0.4, 0.5) is 4.79 Å². The average molecular weight is 436 g/mol. The molecule has 0 spiro atoms. The molecule has 0 aliphatic heterocycles. The van der Waals surface area contributed by atoms with Gasteiger partial charge in [-0.15, -0.1) is 0 Å². The number of benzene rings is 2. The molecule has 0 fully saturated rings. The van der Waals surface area contributed by atoms with E-state index in [4.69, 9.17) is 8.92 Å². The number of aliphatic hydroxyl groups is 1. The maximum Gasteiger partial charge on any atom is 0.410 e. The molecule has 1 amide bonds. The first-order valence-corrected chi connectivity index (χ1v) is 11.1. The molecule has 0 heterocycles. The molecule has 0 aliphatic rings. The third-order valence-corrected chi connectivity index (χ3v) is 5.50. The van der Waals surface area contributed by atoms with E-state index in [0.717, 1.165) is 12.0 Å². The maximum atomic E-state index is 12.4. The second kappa shape index (κ2) is 9.49. The fourth-order valence-corrected chi connectivity index (χ4v) is 3.52. The SMILES string of the molecule is CCc1ccc(S(=O)(=O)Oc2ccc(C(O)CN(C)C(=O)OC(C)(C)C)cc2)cc1. The lowest BCUT2D eigenvalue weighted by Crippen LogP contribution is -2.36. The van der Waals surface area contributed by atoms with Crippen molar-refractivity contribution in [3.8, 4) is 5.75 Å². The predicted octanol–water partition coefficient (Wildman–Crippen LogP) is 3.92. The number of hydrogen-bond donors (Lipinski definition) is 1. The smallest absolute Gasteiger partial charge is 0.410 e. The van der Waals surface area contributed by atoms with E-state index in [2.05, 4.69) is 0 Å². The Morgan fingerprint density at radius 2 is 1.63 bits per heavy atom. The zero-order valence-corrected chi connectivity index (χ0v) is 18.8. The normalized spacial score (nSPS) is 12.9. The molecule has 7 nitrogen and oxygen atoms in total. The molecular weight excluding hydrogens is 406 g/mol. The van der Waals surface area contributed by atoms with Gasteiger partial charge in [0.05, 0.1) is 12.6 Å². The summed E-state index contributed by atoms with van der Waals surface area (Å²) in [5.74, 6) is 0.131. The van der Waals surface area contributed by atoms with E-state index in [-0.39, 0.29) is 17.2 Å². The van der Waals surface area contributed by atoms with E-state index in [0.29, 0.717) is 5.56 Å². The summed E-state index contributed by atoms with van der Waals surface area (Å²) in [6.07, 6.45) is -0.690. The summed E-state index contributed by atoms with van der Waals surface area (Å²) in [5, 5.41) is 10.4. The molecule has 0 radical (unpaired) electrons. The molecular formula is C22H29NO6S. The molecule has 0 bridgehead atoms. The number of aryl methyl sites for hydroxylation is 1. The summed E-state index contributed by atoms with van der Waals surface area (Å²) < 4.78 is 35.3. The monoisotopic (exact) mass is 435 g/mol. The Hall–Kier alpha value is -2.58. The Morgan fingerprint density at radius 1 is 1.07 bits per heavy atom. The number of carbonyl (C=O) groups excluding carboxylic acids is 1. The Kier molecular flexibility index (Phi) is 7.49. The molecule has 1 unspecified atom stereocenters. The van der Waals surface area contributed by atoms with Gasteiger partial charge in [0.1, 0.15) is 16.2 Å². The molecule has 30 heavy (non-hydrogen) atoms. The molecule has 1 N–H and O–H groups in total. The highest BCUT2D eigenvalue weighted by atomic mass is 32.2. The third kappa shape index (κ3) is 6.74. The fourth-order valence-electron chi connectivity index (χ4n) is 2.59. The van der Waals surface area contributed by atoms with E-state index in [9.17, 15) is 18.3 Å². The molecule has 164 valence electrons. The lowest BCUT2D eigenvalue weighted by Gasteiger charge is -2.26. The minimum absolute atomic E-state index is 0.0250. The van der Waals surface area contributed by atoms with Crippen LogP contribution in [0.2, 0.25) is 0 Å². The van der Waals surface area contributed by atoms with Gasteiger partial charge < -0.3 is 18.9 Å². The number of aliphatic hydroxyl groups excluding tert-OH is 1. The predicted molar refractivity (Wildman–Crippen MR) is 114 cm³/mol. The van der Waals surface area contributed by atoms with Crippen molar-refractivity contribution in [1.82, 2.24) is 4.90 Å².